The molecule has 2 N–H and O–H groups in total. The molecule has 1 amide bonds. The molecule has 0 unspecified atom stereocenters. The lowest BCUT2D eigenvalue weighted by molar-refractivity contribution is 0.0686. The van der Waals surface area contributed by atoms with E-state index in [0.29, 0.717) is 18.8 Å². The molecule has 1 saturated heterocycles. The second kappa shape index (κ2) is 20.0. The molecule has 0 bridgehead atoms. The molecule has 2 aliphatic rings. The van der Waals surface area contributed by atoms with Crippen molar-refractivity contribution in [3.8, 4) is 0 Å². The summed E-state index contributed by atoms with van der Waals surface area (Å²) >= 11 is 0. The molecule has 54 heavy (non-hydrogen) atoms. The molecule has 2 heterocycles. The molecule has 6 rings (SSSR count). The molecule has 11 heteroatoms. The molecule has 3 aromatic carbocycles. The van der Waals surface area contributed by atoms with Crippen molar-refractivity contribution < 1.29 is 29.0 Å². The van der Waals surface area contributed by atoms with E-state index in [1.54, 1.807) is 42.7 Å². The Morgan fingerprint density at radius 3 is 1.81 bits per heavy atom. The predicted molar refractivity (Wildman–Crippen MR) is 216 cm³/mol. The Kier molecular flexibility index (Phi) is 15.7. The third-order valence-electron chi connectivity index (χ3n) is 11.2. The van der Waals surface area contributed by atoms with Gasteiger partial charge in [-0.15, -0.1) is 24.8 Å². The van der Waals surface area contributed by atoms with Gasteiger partial charge in [0, 0.05) is 37.9 Å². The second-order valence-corrected chi connectivity index (χ2v) is 14.8. The normalized spacial score (nSPS) is 15.9. The number of benzene rings is 3. The van der Waals surface area contributed by atoms with Gasteiger partial charge in [0.05, 0.1) is 17.4 Å². The summed E-state index contributed by atoms with van der Waals surface area (Å²) in [4.78, 5) is 43.5. The number of hydrogen-bond donors (Lipinski definition) is 2. The van der Waals surface area contributed by atoms with Gasteiger partial charge in [0.15, 0.2) is 5.76 Å². The minimum atomic E-state index is -0.934. The number of piperidine rings is 1. The number of anilines is 1. The number of aryl methyl sites for hydroxylation is 1. The molecule has 4 aromatic rings. The van der Waals surface area contributed by atoms with Crippen LogP contribution in [0.5, 0.6) is 0 Å². The highest BCUT2D eigenvalue weighted by atomic mass is 35.5. The van der Waals surface area contributed by atoms with Crippen LogP contribution in [-0.4, -0.2) is 70.1 Å². The number of nitrogens with zero attached hydrogens (tertiary/aromatic N) is 3. The lowest BCUT2D eigenvalue weighted by Gasteiger charge is -2.42. The molecule has 0 atom stereocenters. The van der Waals surface area contributed by atoms with Crippen molar-refractivity contribution in [1.82, 2.24) is 9.80 Å². The van der Waals surface area contributed by atoms with Crippen molar-refractivity contribution in [2.24, 2.45) is 5.41 Å². The van der Waals surface area contributed by atoms with Gasteiger partial charge in [-0.05, 0) is 124 Å². The van der Waals surface area contributed by atoms with Gasteiger partial charge in [0.2, 0.25) is 0 Å². The number of rotatable bonds is 15. The average molecular weight is 779 g/mol. The monoisotopic (exact) mass is 777 g/mol. The molecule has 9 nitrogen and oxygen atoms in total. The number of carbonyl (C=O) groups excluding carboxylic acids is 1. The molecule has 1 aliphatic heterocycles. The van der Waals surface area contributed by atoms with E-state index in [0.717, 1.165) is 74.2 Å². The quantitative estimate of drug-likeness (QED) is 0.123. The van der Waals surface area contributed by atoms with Crippen LogP contribution in [0.3, 0.4) is 0 Å². The van der Waals surface area contributed by atoms with Crippen LogP contribution in [0.2, 0.25) is 0 Å². The maximum absolute atomic E-state index is 13.7. The molecular formula is C43H53Cl2N3O6. The molecule has 1 aromatic heterocycles. The molecule has 2 fully saturated rings. The summed E-state index contributed by atoms with van der Waals surface area (Å²) in [7, 11) is 0. The van der Waals surface area contributed by atoms with Crippen molar-refractivity contribution in [2.75, 3.05) is 31.1 Å². The number of aromatic carboxylic acids is 2. The van der Waals surface area contributed by atoms with E-state index in [4.69, 9.17) is 4.42 Å². The minimum absolute atomic E-state index is 0. The van der Waals surface area contributed by atoms with Crippen LogP contribution >= 0.6 is 24.8 Å². The van der Waals surface area contributed by atoms with Crippen LogP contribution in [0.1, 0.15) is 106 Å². The maximum Gasteiger partial charge on any atom is 0.335 e. The van der Waals surface area contributed by atoms with Gasteiger partial charge in [-0.25, -0.2) is 9.59 Å². The van der Waals surface area contributed by atoms with E-state index >= 15 is 0 Å². The van der Waals surface area contributed by atoms with E-state index in [1.165, 1.54) is 32.1 Å². The van der Waals surface area contributed by atoms with Crippen LogP contribution in [0.4, 0.5) is 5.69 Å². The Morgan fingerprint density at radius 1 is 0.759 bits per heavy atom. The zero-order chi connectivity index (χ0) is 36.5. The number of carboxylic acids is 2. The summed E-state index contributed by atoms with van der Waals surface area (Å²) in [5.41, 5.74) is 4.97. The van der Waals surface area contributed by atoms with Gasteiger partial charge >= 0.3 is 11.9 Å². The lowest BCUT2D eigenvalue weighted by Crippen LogP contribution is -2.48. The summed E-state index contributed by atoms with van der Waals surface area (Å²) in [6, 6.07) is 26.0. The number of carboxylic acid groups (broad SMARTS) is 2. The first-order chi connectivity index (χ1) is 25.2. The van der Waals surface area contributed by atoms with Crippen LogP contribution in [0.25, 0.3) is 0 Å². The number of likely N-dealkylation sites (tertiary alicyclic amines) is 1. The highest BCUT2D eigenvalue weighted by Crippen LogP contribution is 2.43. The van der Waals surface area contributed by atoms with Gasteiger partial charge in [0.1, 0.15) is 0 Å². The van der Waals surface area contributed by atoms with E-state index in [1.807, 2.05) is 41.3 Å². The smallest absolute Gasteiger partial charge is 0.335 e. The maximum atomic E-state index is 13.7. The van der Waals surface area contributed by atoms with Crippen LogP contribution in [0, 0.1) is 12.3 Å². The van der Waals surface area contributed by atoms with E-state index < -0.39 is 11.9 Å². The Morgan fingerprint density at radius 2 is 1.31 bits per heavy atom. The molecule has 0 radical (unpaired) electrons. The number of carbonyl (C=O) groups is 3. The summed E-state index contributed by atoms with van der Waals surface area (Å²) in [5.74, 6) is -1.59. The van der Waals surface area contributed by atoms with E-state index in [2.05, 4.69) is 28.9 Å². The number of hydrogen-bond acceptors (Lipinski definition) is 6. The summed E-state index contributed by atoms with van der Waals surface area (Å²) in [5, 5.41) is 18.8. The number of halogens is 2. The minimum Gasteiger partial charge on any atom is -0.478 e. The zero-order valence-corrected chi connectivity index (χ0v) is 32.7. The fourth-order valence-corrected chi connectivity index (χ4v) is 8.07. The average Bonchev–Trinajstić information content (AvgIpc) is 3.71. The van der Waals surface area contributed by atoms with Gasteiger partial charge in [0.25, 0.3) is 5.91 Å². The fourth-order valence-electron chi connectivity index (χ4n) is 8.07. The lowest BCUT2D eigenvalue weighted by atomic mass is 9.69. The number of amides is 1. The van der Waals surface area contributed by atoms with Crippen LogP contribution in [0.15, 0.2) is 95.6 Å². The van der Waals surface area contributed by atoms with Gasteiger partial charge in [-0.1, -0.05) is 61.2 Å². The topological polar surface area (TPSA) is 115 Å². The van der Waals surface area contributed by atoms with Gasteiger partial charge in [-0.2, -0.15) is 0 Å². The highest BCUT2D eigenvalue weighted by Gasteiger charge is 2.35. The molecular weight excluding hydrogens is 725 g/mol. The SMILES string of the molecule is Cc1ccc(N(C(=O)c2ccco2)C2CCN(CCC3(CCN(Cc4ccc(C(=O)O)cc4)Cc4ccc(C(=O)O)cc4)CCCCC3)CC2)cc1.Cl.Cl. The fraction of sp³-hybridized carbons (Fsp3) is 0.419. The van der Waals surface area contributed by atoms with Crippen molar-refractivity contribution >= 4 is 48.3 Å². The Balaban J connectivity index is 0.00000325. The first-order valence-electron chi connectivity index (χ1n) is 18.7. The summed E-state index contributed by atoms with van der Waals surface area (Å²) < 4.78 is 5.54. The van der Waals surface area contributed by atoms with Gasteiger partial charge in [-0.3, -0.25) is 9.69 Å². The molecule has 1 aliphatic carbocycles. The van der Waals surface area contributed by atoms with Crippen LogP contribution < -0.4 is 4.90 Å². The van der Waals surface area contributed by atoms with Crippen molar-refractivity contribution in [3.63, 3.8) is 0 Å². The van der Waals surface area contributed by atoms with E-state index in [9.17, 15) is 24.6 Å². The Hall–Kier alpha value is -4.15. The van der Waals surface area contributed by atoms with Gasteiger partial charge < -0.3 is 24.4 Å². The third kappa shape index (κ3) is 11.2. The highest BCUT2D eigenvalue weighted by molar-refractivity contribution is 6.04. The Labute approximate surface area is 331 Å². The largest absolute Gasteiger partial charge is 0.478 e. The van der Waals surface area contributed by atoms with Crippen molar-refractivity contribution in [1.29, 1.82) is 0 Å². The number of furan rings is 1. The van der Waals surface area contributed by atoms with E-state index in [-0.39, 0.29) is 53.3 Å². The standard InChI is InChI=1S/C43H51N3O6.2ClH/c1-32-7-17-37(18-8-32)46(40(47)39-6-5-29-52-39)38-19-25-44(26-20-38)27-23-43(21-3-2-4-22-43)24-28-45(30-33-9-13-35(14-10-33)41(48)49)31-34-11-15-36(16-12-34)42(50)51;;/h5-18,29,38H,2-4,19-28,30-31H2,1H3,(H,48,49)(H,50,51);2*1H. The Bertz CT molecular complexity index is 1710. The predicted octanol–water partition coefficient (Wildman–Crippen LogP) is 9.37. The molecule has 0 spiro atoms. The zero-order valence-electron chi connectivity index (χ0n) is 31.0. The summed E-state index contributed by atoms with van der Waals surface area (Å²) in [6.45, 7) is 7.23. The van der Waals surface area contributed by atoms with Crippen molar-refractivity contribution in [3.05, 3.63) is 125 Å². The first kappa shape index (κ1) is 42.6. The molecule has 1 saturated carbocycles. The van der Waals surface area contributed by atoms with Crippen LogP contribution in [-0.2, 0) is 13.1 Å². The second-order valence-electron chi connectivity index (χ2n) is 14.8. The van der Waals surface area contributed by atoms with Crippen molar-refractivity contribution in [2.45, 2.75) is 83.8 Å². The molecule has 290 valence electrons. The first-order valence-corrected chi connectivity index (χ1v) is 18.7. The summed E-state index contributed by atoms with van der Waals surface area (Å²) in [6.07, 6.45) is 11.8. The third-order valence-corrected chi connectivity index (χ3v) is 11.2.